The number of hydrazone groups is 1. The lowest BCUT2D eigenvalue weighted by Crippen LogP contribution is -2.19. The van der Waals surface area contributed by atoms with Gasteiger partial charge in [0.25, 0.3) is 5.91 Å². The number of fused-ring (bicyclic) bond motifs is 1. The highest BCUT2D eigenvalue weighted by Crippen LogP contribution is 2.35. The Bertz CT molecular complexity index is 1260. The molecule has 0 aliphatic rings. The maximum absolute atomic E-state index is 12.6. The van der Waals surface area contributed by atoms with Gasteiger partial charge in [-0.3, -0.25) is 9.78 Å². The minimum absolute atomic E-state index is 0.151. The zero-order chi connectivity index (χ0) is 20.9. The van der Waals surface area contributed by atoms with Crippen molar-refractivity contribution in [2.45, 2.75) is 0 Å². The standard InChI is InChI=1S/C21H13ClN4O3S/c22-18-15-6-1-2-7-17(15)30-19(18)21(28)29-14-5-3-4-13(10-14)11-25-26-20(27)16-12-23-8-9-24-16/h1-12H,(H,26,27)/b25-11+. The van der Waals surface area contributed by atoms with Crippen LogP contribution in [-0.4, -0.2) is 28.1 Å². The summed E-state index contributed by atoms with van der Waals surface area (Å²) in [6, 6.07) is 14.2. The van der Waals surface area contributed by atoms with Crippen molar-refractivity contribution in [1.82, 2.24) is 15.4 Å². The van der Waals surface area contributed by atoms with E-state index in [0.717, 1.165) is 10.1 Å². The monoisotopic (exact) mass is 436 g/mol. The van der Waals surface area contributed by atoms with Crippen molar-refractivity contribution in [2.75, 3.05) is 0 Å². The van der Waals surface area contributed by atoms with E-state index in [1.165, 1.54) is 36.1 Å². The minimum atomic E-state index is -0.536. The molecule has 2 aromatic heterocycles. The second-order valence-corrected chi connectivity index (χ2v) is 7.42. The SMILES string of the molecule is O=C(N/N=C/c1cccc(OC(=O)c2sc3ccccc3c2Cl)c1)c1cnccn1. The molecule has 4 rings (SSSR count). The van der Waals surface area contributed by atoms with Crippen LogP contribution in [0.1, 0.15) is 25.7 Å². The number of rotatable bonds is 5. The first kappa shape index (κ1) is 19.7. The van der Waals surface area contributed by atoms with E-state index >= 15 is 0 Å². The van der Waals surface area contributed by atoms with E-state index in [1.807, 2.05) is 24.3 Å². The van der Waals surface area contributed by atoms with Crippen LogP contribution in [0, 0.1) is 0 Å². The van der Waals surface area contributed by atoms with Crippen LogP contribution < -0.4 is 10.2 Å². The maximum Gasteiger partial charge on any atom is 0.355 e. The first-order valence-electron chi connectivity index (χ1n) is 8.70. The summed E-state index contributed by atoms with van der Waals surface area (Å²) in [7, 11) is 0. The molecular formula is C21H13ClN4O3S. The van der Waals surface area contributed by atoms with E-state index in [-0.39, 0.29) is 5.69 Å². The van der Waals surface area contributed by atoms with Crippen LogP contribution in [0.2, 0.25) is 5.02 Å². The molecular weight excluding hydrogens is 424 g/mol. The molecule has 0 saturated carbocycles. The number of carbonyl (C=O) groups is 2. The van der Waals surface area contributed by atoms with E-state index in [1.54, 1.807) is 24.3 Å². The summed E-state index contributed by atoms with van der Waals surface area (Å²) >= 11 is 7.62. The van der Waals surface area contributed by atoms with Gasteiger partial charge in [-0.05, 0) is 23.8 Å². The van der Waals surface area contributed by atoms with Crippen molar-refractivity contribution in [2.24, 2.45) is 5.10 Å². The highest BCUT2D eigenvalue weighted by atomic mass is 35.5. The van der Waals surface area contributed by atoms with Gasteiger partial charge in [0.15, 0.2) is 0 Å². The van der Waals surface area contributed by atoms with Crippen molar-refractivity contribution < 1.29 is 14.3 Å². The molecule has 9 heteroatoms. The summed E-state index contributed by atoms with van der Waals surface area (Å²) in [6.07, 6.45) is 5.65. The Morgan fingerprint density at radius 3 is 2.80 bits per heavy atom. The molecule has 4 aromatic rings. The van der Waals surface area contributed by atoms with E-state index in [2.05, 4.69) is 20.5 Å². The van der Waals surface area contributed by atoms with Crippen LogP contribution in [-0.2, 0) is 0 Å². The summed E-state index contributed by atoms with van der Waals surface area (Å²) in [4.78, 5) is 32.5. The summed E-state index contributed by atoms with van der Waals surface area (Å²) in [5.74, 6) is -0.690. The summed E-state index contributed by atoms with van der Waals surface area (Å²) < 4.78 is 6.38. The number of hydrogen-bond donors (Lipinski definition) is 1. The molecule has 2 aromatic carbocycles. The van der Waals surface area contributed by atoms with Crippen LogP contribution in [0.25, 0.3) is 10.1 Å². The molecule has 2 heterocycles. The normalized spacial score (nSPS) is 11.0. The van der Waals surface area contributed by atoms with E-state index in [4.69, 9.17) is 16.3 Å². The molecule has 0 unspecified atom stereocenters. The van der Waals surface area contributed by atoms with Gasteiger partial charge in [0, 0.05) is 22.5 Å². The Morgan fingerprint density at radius 1 is 1.13 bits per heavy atom. The fourth-order valence-corrected chi connectivity index (χ4v) is 3.98. The summed E-state index contributed by atoms with van der Waals surface area (Å²) in [5.41, 5.74) is 3.14. The number of benzene rings is 2. The zero-order valence-electron chi connectivity index (χ0n) is 15.3. The van der Waals surface area contributed by atoms with Gasteiger partial charge >= 0.3 is 5.97 Å². The molecule has 148 valence electrons. The first-order chi connectivity index (χ1) is 14.6. The quantitative estimate of drug-likeness (QED) is 0.217. The molecule has 1 N–H and O–H groups in total. The van der Waals surface area contributed by atoms with Crippen molar-refractivity contribution in [1.29, 1.82) is 0 Å². The number of carbonyl (C=O) groups excluding carboxylic acids is 2. The molecule has 0 aliphatic carbocycles. The molecule has 0 fully saturated rings. The van der Waals surface area contributed by atoms with E-state index < -0.39 is 11.9 Å². The van der Waals surface area contributed by atoms with Gasteiger partial charge in [0.2, 0.25) is 0 Å². The summed E-state index contributed by atoms with van der Waals surface area (Å²) in [6.45, 7) is 0. The number of aromatic nitrogens is 2. The Labute approximate surface area is 180 Å². The van der Waals surface area contributed by atoms with E-state index in [0.29, 0.717) is 21.2 Å². The van der Waals surface area contributed by atoms with Crippen LogP contribution in [0.3, 0.4) is 0 Å². The molecule has 0 atom stereocenters. The molecule has 1 amide bonds. The van der Waals surface area contributed by atoms with Gasteiger partial charge in [-0.2, -0.15) is 5.10 Å². The Morgan fingerprint density at radius 2 is 2.00 bits per heavy atom. The highest BCUT2D eigenvalue weighted by Gasteiger charge is 2.19. The molecule has 30 heavy (non-hydrogen) atoms. The Kier molecular flexibility index (Phi) is 5.78. The molecule has 0 aliphatic heterocycles. The second-order valence-electron chi connectivity index (χ2n) is 5.99. The predicted molar refractivity (Wildman–Crippen MR) is 115 cm³/mol. The number of ether oxygens (including phenoxy) is 1. The van der Waals surface area contributed by atoms with Gasteiger partial charge < -0.3 is 4.74 Å². The van der Waals surface area contributed by atoms with Crippen molar-refractivity contribution in [3.63, 3.8) is 0 Å². The molecule has 0 bridgehead atoms. The second kappa shape index (κ2) is 8.81. The molecule has 0 radical (unpaired) electrons. The Hall–Kier alpha value is -3.62. The van der Waals surface area contributed by atoms with Crippen LogP contribution in [0.15, 0.2) is 72.2 Å². The molecule has 0 saturated heterocycles. The topological polar surface area (TPSA) is 93.5 Å². The lowest BCUT2D eigenvalue weighted by Gasteiger charge is -2.04. The van der Waals surface area contributed by atoms with Crippen LogP contribution in [0.5, 0.6) is 5.75 Å². The fraction of sp³-hybridized carbons (Fsp3) is 0. The van der Waals surface area contributed by atoms with Gasteiger partial charge in [-0.15, -0.1) is 11.3 Å². The van der Waals surface area contributed by atoms with Crippen molar-refractivity contribution in [3.8, 4) is 5.75 Å². The Balaban J connectivity index is 1.44. The van der Waals surface area contributed by atoms with Crippen molar-refractivity contribution >= 4 is 51.1 Å². The zero-order valence-corrected chi connectivity index (χ0v) is 16.9. The lowest BCUT2D eigenvalue weighted by molar-refractivity contribution is 0.0740. The van der Waals surface area contributed by atoms with E-state index in [9.17, 15) is 9.59 Å². The molecule has 0 spiro atoms. The lowest BCUT2D eigenvalue weighted by atomic mass is 10.2. The smallest absolute Gasteiger partial charge is 0.355 e. The fourth-order valence-electron chi connectivity index (χ4n) is 2.60. The van der Waals surface area contributed by atoms with Crippen LogP contribution in [0.4, 0.5) is 0 Å². The third-order valence-electron chi connectivity index (χ3n) is 3.96. The number of thiophene rings is 1. The van der Waals surface area contributed by atoms with Gasteiger partial charge in [-0.1, -0.05) is 41.9 Å². The molecule has 7 nitrogen and oxygen atoms in total. The van der Waals surface area contributed by atoms with Crippen molar-refractivity contribution in [3.05, 3.63) is 88.3 Å². The minimum Gasteiger partial charge on any atom is -0.422 e. The van der Waals surface area contributed by atoms with Gasteiger partial charge in [-0.25, -0.2) is 15.2 Å². The first-order valence-corrected chi connectivity index (χ1v) is 9.90. The number of nitrogens with zero attached hydrogens (tertiary/aromatic N) is 3. The predicted octanol–water partition coefficient (Wildman–Crippen LogP) is 4.33. The third kappa shape index (κ3) is 4.35. The highest BCUT2D eigenvalue weighted by molar-refractivity contribution is 7.21. The average molecular weight is 437 g/mol. The number of amides is 1. The third-order valence-corrected chi connectivity index (χ3v) is 5.62. The van der Waals surface area contributed by atoms with Gasteiger partial charge in [0.05, 0.1) is 17.4 Å². The number of hydrogen-bond acceptors (Lipinski definition) is 7. The van der Waals surface area contributed by atoms with Crippen LogP contribution >= 0.6 is 22.9 Å². The number of esters is 1. The number of halogens is 1. The number of nitrogens with one attached hydrogen (secondary N) is 1. The maximum atomic E-state index is 12.6. The largest absolute Gasteiger partial charge is 0.422 e. The summed E-state index contributed by atoms with van der Waals surface area (Å²) in [5, 5.41) is 5.08. The average Bonchev–Trinajstić information content (AvgIpc) is 3.11. The van der Waals surface area contributed by atoms with Gasteiger partial charge in [0.1, 0.15) is 16.3 Å².